The number of esters is 1. The van der Waals surface area contributed by atoms with Gasteiger partial charge in [-0.25, -0.2) is 5.14 Å². The van der Waals surface area contributed by atoms with Crippen molar-refractivity contribution in [3.8, 4) is 17.2 Å². The van der Waals surface area contributed by atoms with Gasteiger partial charge in [0.25, 0.3) is 10.2 Å². The topological polar surface area (TPSA) is 113 Å². The molecule has 0 aliphatic rings. The van der Waals surface area contributed by atoms with E-state index in [1.165, 1.54) is 0 Å². The van der Waals surface area contributed by atoms with Crippen molar-refractivity contribution in [2.24, 2.45) is 5.14 Å². The van der Waals surface area contributed by atoms with Crippen LogP contribution in [0.2, 0.25) is 0 Å². The van der Waals surface area contributed by atoms with E-state index in [1.54, 1.807) is 43.3 Å². The quantitative estimate of drug-likeness (QED) is 0.747. The number of hydrogen-bond acceptors (Lipinski definition) is 5. The Labute approximate surface area is 152 Å². The minimum Gasteiger partial charge on any atom is -0.466 e. The molecule has 0 bridgehead atoms. The molecule has 0 spiro atoms. The number of nitriles is 1. The van der Waals surface area contributed by atoms with Gasteiger partial charge in [-0.1, -0.05) is 24.3 Å². The molecule has 0 radical (unpaired) electrons. The Hall–Kier alpha value is -2.89. The molecule has 8 heteroatoms. The van der Waals surface area contributed by atoms with Crippen molar-refractivity contribution >= 4 is 21.9 Å². The van der Waals surface area contributed by atoms with Crippen LogP contribution in [0.5, 0.6) is 0 Å². The maximum atomic E-state index is 11.8. The lowest BCUT2D eigenvalue weighted by Crippen LogP contribution is -2.38. The van der Waals surface area contributed by atoms with Gasteiger partial charge >= 0.3 is 5.97 Å². The van der Waals surface area contributed by atoms with E-state index in [9.17, 15) is 13.2 Å². The molecule has 2 N–H and O–H groups in total. The third kappa shape index (κ3) is 5.05. The zero-order valence-corrected chi connectivity index (χ0v) is 15.1. The number of carbonyl (C=O) groups is 1. The monoisotopic (exact) mass is 373 g/mol. The fraction of sp³-hybridized carbons (Fsp3) is 0.222. The molecule has 7 nitrogen and oxygen atoms in total. The number of ether oxygens (including phenoxy) is 1. The Kier molecular flexibility index (Phi) is 6.33. The average molecular weight is 373 g/mol. The maximum absolute atomic E-state index is 11.8. The molecule has 0 unspecified atom stereocenters. The fourth-order valence-corrected chi connectivity index (χ4v) is 3.15. The van der Waals surface area contributed by atoms with Gasteiger partial charge in [0.1, 0.15) is 0 Å². The Morgan fingerprint density at radius 2 is 1.65 bits per heavy atom. The first kappa shape index (κ1) is 19.4. The summed E-state index contributed by atoms with van der Waals surface area (Å²) in [5, 5.41) is 14.1. The summed E-state index contributed by atoms with van der Waals surface area (Å²) < 4.78 is 29.5. The molecule has 0 atom stereocenters. The van der Waals surface area contributed by atoms with E-state index in [0.29, 0.717) is 11.3 Å². The summed E-state index contributed by atoms with van der Waals surface area (Å²) in [5.41, 5.74) is 2.67. The molecule has 136 valence electrons. The number of nitrogens with zero attached hydrogens (tertiary/aromatic N) is 2. The van der Waals surface area contributed by atoms with E-state index in [1.807, 2.05) is 12.1 Å². The van der Waals surface area contributed by atoms with Crippen molar-refractivity contribution < 1.29 is 17.9 Å². The SMILES string of the molecule is CCOC(=O)CCN(c1ccc(-c2ccc(C#N)cc2)cc1)S(N)(=O)=O. The van der Waals surface area contributed by atoms with Gasteiger partial charge in [-0.05, 0) is 42.3 Å². The third-order valence-electron chi connectivity index (χ3n) is 3.63. The lowest BCUT2D eigenvalue weighted by Gasteiger charge is -2.21. The van der Waals surface area contributed by atoms with Gasteiger partial charge in [-0.3, -0.25) is 9.10 Å². The first-order valence-electron chi connectivity index (χ1n) is 7.92. The van der Waals surface area contributed by atoms with Gasteiger partial charge in [0, 0.05) is 6.54 Å². The molecule has 0 saturated carbocycles. The highest BCUT2D eigenvalue weighted by Gasteiger charge is 2.19. The zero-order valence-electron chi connectivity index (χ0n) is 14.3. The molecule has 0 amide bonds. The Morgan fingerprint density at radius 1 is 1.12 bits per heavy atom. The normalized spacial score (nSPS) is 10.8. The highest BCUT2D eigenvalue weighted by atomic mass is 32.2. The molecule has 2 rings (SSSR count). The number of benzene rings is 2. The van der Waals surface area contributed by atoms with Gasteiger partial charge < -0.3 is 4.74 Å². The molecule has 0 fully saturated rings. The summed E-state index contributed by atoms with van der Waals surface area (Å²) in [4.78, 5) is 11.5. The van der Waals surface area contributed by atoms with Gasteiger partial charge in [-0.2, -0.15) is 13.7 Å². The van der Waals surface area contributed by atoms with Crippen LogP contribution in [0, 0.1) is 11.3 Å². The van der Waals surface area contributed by atoms with Crippen LogP contribution in [0.1, 0.15) is 18.9 Å². The van der Waals surface area contributed by atoms with Crippen LogP contribution in [0.15, 0.2) is 48.5 Å². The Balaban J connectivity index is 2.21. The van der Waals surface area contributed by atoms with E-state index >= 15 is 0 Å². The van der Waals surface area contributed by atoms with E-state index in [0.717, 1.165) is 15.4 Å². The number of anilines is 1. The summed E-state index contributed by atoms with van der Waals surface area (Å²) in [5.74, 6) is -0.490. The average Bonchev–Trinajstić information content (AvgIpc) is 2.62. The Morgan fingerprint density at radius 3 is 2.12 bits per heavy atom. The van der Waals surface area contributed by atoms with Crippen LogP contribution >= 0.6 is 0 Å². The van der Waals surface area contributed by atoms with Crippen molar-refractivity contribution in [2.45, 2.75) is 13.3 Å². The number of nitrogens with two attached hydrogens (primary N) is 1. The zero-order chi connectivity index (χ0) is 19.2. The summed E-state index contributed by atoms with van der Waals surface area (Å²) >= 11 is 0. The van der Waals surface area contributed by atoms with Crippen LogP contribution in [0.25, 0.3) is 11.1 Å². The highest BCUT2D eigenvalue weighted by molar-refractivity contribution is 7.90. The van der Waals surface area contributed by atoms with Gasteiger partial charge in [0.2, 0.25) is 0 Å². The Bertz CT molecular complexity index is 901. The second-order valence-corrected chi connectivity index (χ2v) is 6.88. The largest absolute Gasteiger partial charge is 0.466 e. The van der Waals surface area contributed by atoms with Crippen LogP contribution in [-0.4, -0.2) is 27.5 Å². The third-order valence-corrected chi connectivity index (χ3v) is 4.64. The lowest BCUT2D eigenvalue weighted by atomic mass is 10.0. The first-order chi connectivity index (χ1) is 12.3. The van der Waals surface area contributed by atoms with Gasteiger partial charge in [0.15, 0.2) is 0 Å². The predicted molar refractivity (Wildman–Crippen MR) is 98.3 cm³/mol. The smallest absolute Gasteiger partial charge is 0.307 e. The molecule has 0 aromatic heterocycles. The van der Waals surface area contributed by atoms with Gasteiger partial charge in [0.05, 0.1) is 30.3 Å². The molecule has 2 aromatic carbocycles. The summed E-state index contributed by atoms with van der Waals surface area (Å²) in [6.07, 6.45) is -0.0956. The van der Waals surface area contributed by atoms with Crippen molar-refractivity contribution in [2.75, 3.05) is 17.5 Å². The molecule has 0 heterocycles. The van der Waals surface area contributed by atoms with Crippen molar-refractivity contribution in [3.63, 3.8) is 0 Å². The number of hydrogen-bond donors (Lipinski definition) is 1. The lowest BCUT2D eigenvalue weighted by molar-refractivity contribution is -0.142. The second-order valence-electron chi connectivity index (χ2n) is 5.41. The van der Waals surface area contributed by atoms with E-state index in [-0.39, 0.29) is 19.6 Å². The minimum atomic E-state index is -4.03. The van der Waals surface area contributed by atoms with E-state index in [4.69, 9.17) is 15.1 Å². The first-order valence-corrected chi connectivity index (χ1v) is 9.42. The molecular weight excluding hydrogens is 354 g/mol. The molecule has 2 aromatic rings. The number of rotatable bonds is 7. The standard InChI is InChI=1S/C18H19N3O4S/c1-2-25-18(22)11-12-21(26(20,23)24)17-9-7-16(8-10-17)15-5-3-14(13-19)4-6-15/h3-10H,2,11-12H2,1H3,(H2,20,23,24). The van der Waals surface area contributed by atoms with Crippen molar-refractivity contribution in [1.82, 2.24) is 0 Å². The van der Waals surface area contributed by atoms with Crippen molar-refractivity contribution in [3.05, 3.63) is 54.1 Å². The van der Waals surface area contributed by atoms with Crippen LogP contribution in [0.4, 0.5) is 5.69 Å². The minimum absolute atomic E-state index is 0.0956. The number of carbonyl (C=O) groups excluding carboxylic acids is 1. The van der Waals surface area contributed by atoms with Crippen LogP contribution < -0.4 is 9.44 Å². The molecule has 0 aliphatic carbocycles. The summed E-state index contributed by atoms with van der Waals surface area (Å²) in [6.45, 7) is 1.80. The van der Waals surface area contributed by atoms with E-state index in [2.05, 4.69) is 6.07 Å². The predicted octanol–water partition coefficient (Wildman–Crippen LogP) is 2.19. The molecule has 26 heavy (non-hydrogen) atoms. The molecule has 0 aliphatic heterocycles. The van der Waals surface area contributed by atoms with Gasteiger partial charge in [-0.15, -0.1) is 0 Å². The molecule has 0 saturated heterocycles. The summed E-state index contributed by atoms with van der Waals surface area (Å²) in [7, 11) is -4.03. The van der Waals surface area contributed by atoms with Crippen LogP contribution in [0.3, 0.4) is 0 Å². The molecular formula is C18H19N3O4S. The second kappa shape index (κ2) is 8.47. The van der Waals surface area contributed by atoms with E-state index < -0.39 is 16.2 Å². The summed E-state index contributed by atoms with van der Waals surface area (Å²) in [6, 6.07) is 15.8. The maximum Gasteiger partial charge on any atom is 0.307 e. The highest BCUT2D eigenvalue weighted by Crippen LogP contribution is 2.24. The fourth-order valence-electron chi connectivity index (χ4n) is 2.39. The van der Waals surface area contributed by atoms with Crippen molar-refractivity contribution in [1.29, 1.82) is 5.26 Å². The van der Waals surface area contributed by atoms with Crippen LogP contribution in [-0.2, 0) is 19.7 Å².